The molecule has 1 aliphatic heterocycles. The van der Waals surface area contributed by atoms with Crippen LogP contribution < -0.4 is 11.3 Å². The van der Waals surface area contributed by atoms with Crippen molar-refractivity contribution in [3.8, 4) is 0 Å². The van der Waals surface area contributed by atoms with Gasteiger partial charge >= 0.3 is 0 Å². The van der Waals surface area contributed by atoms with Gasteiger partial charge < -0.3 is 14.4 Å². The van der Waals surface area contributed by atoms with Crippen molar-refractivity contribution in [3.05, 3.63) is 0 Å². The number of ether oxygens (including phenoxy) is 2. The normalized spacial score (nSPS) is 20.2. The van der Waals surface area contributed by atoms with Crippen LogP contribution in [-0.2, 0) is 9.47 Å². The van der Waals surface area contributed by atoms with Gasteiger partial charge in [0.2, 0.25) is 5.96 Å². The van der Waals surface area contributed by atoms with Crippen molar-refractivity contribution in [2.24, 2.45) is 10.8 Å². The second kappa shape index (κ2) is 9.13. The summed E-state index contributed by atoms with van der Waals surface area (Å²) in [6, 6.07) is 0. The highest BCUT2D eigenvalue weighted by atomic mass is 16.5. The Morgan fingerprint density at radius 2 is 2.44 bits per heavy atom. The number of aliphatic imine (C=N–C) groups is 1. The second-order valence-electron chi connectivity index (χ2n) is 4.37. The van der Waals surface area contributed by atoms with E-state index in [1.54, 1.807) is 7.11 Å². The number of hydrogen-bond donors (Lipinski definition) is 2. The standard InChI is InChI=1S/C12H26N4O2/c1-3-16(10-11-6-4-9-18-11)12(15-13)14-7-5-8-17-2/h11H,3-10,13H2,1-2H3,(H,14,15). The van der Waals surface area contributed by atoms with Crippen molar-refractivity contribution in [2.75, 3.05) is 40.0 Å². The summed E-state index contributed by atoms with van der Waals surface area (Å²) in [4.78, 5) is 6.59. The van der Waals surface area contributed by atoms with E-state index in [0.29, 0.717) is 6.10 Å². The lowest BCUT2D eigenvalue weighted by Crippen LogP contribution is -2.47. The molecule has 0 aromatic rings. The van der Waals surface area contributed by atoms with Crippen LogP contribution in [0.5, 0.6) is 0 Å². The summed E-state index contributed by atoms with van der Waals surface area (Å²) in [6.45, 7) is 6.13. The van der Waals surface area contributed by atoms with Crippen LogP contribution in [0.4, 0.5) is 0 Å². The van der Waals surface area contributed by atoms with Crippen molar-refractivity contribution >= 4 is 5.96 Å². The Hall–Kier alpha value is -0.850. The molecule has 1 unspecified atom stereocenters. The van der Waals surface area contributed by atoms with E-state index in [-0.39, 0.29) is 0 Å². The summed E-state index contributed by atoms with van der Waals surface area (Å²) < 4.78 is 10.6. The molecule has 0 aromatic heterocycles. The molecule has 0 radical (unpaired) electrons. The molecule has 1 saturated heterocycles. The fraction of sp³-hybridized carbons (Fsp3) is 0.917. The summed E-state index contributed by atoms with van der Waals surface area (Å²) in [5.74, 6) is 6.28. The monoisotopic (exact) mass is 258 g/mol. The minimum absolute atomic E-state index is 0.308. The third-order valence-corrected chi connectivity index (χ3v) is 3.03. The van der Waals surface area contributed by atoms with Gasteiger partial charge in [-0.15, -0.1) is 0 Å². The van der Waals surface area contributed by atoms with E-state index in [4.69, 9.17) is 15.3 Å². The van der Waals surface area contributed by atoms with Crippen molar-refractivity contribution in [1.29, 1.82) is 0 Å². The topological polar surface area (TPSA) is 72.1 Å². The number of nitrogens with zero attached hydrogens (tertiary/aromatic N) is 2. The number of nitrogens with one attached hydrogen (secondary N) is 1. The number of nitrogens with two attached hydrogens (primary N) is 1. The lowest BCUT2D eigenvalue weighted by Gasteiger charge is -2.26. The summed E-state index contributed by atoms with van der Waals surface area (Å²) >= 11 is 0. The average molecular weight is 258 g/mol. The number of hydrazine groups is 1. The first kappa shape index (κ1) is 15.2. The summed E-state index contributed by atoms with van der Waals surface area (Å²) in [5.41, 5.74) is 2.68. The second-order valence-corrected chi connectivity index (χ2v) is 4.37. The molecule has 1 aliphatic rings. The van der Waals surface area contributed by atoms with Crippen molar-refractivity contribution in [1.82, 2.24) is 10.3 Å². The van der Waals surface area contributed by atoms with Crippen LogP contribution in [0.25, 0.3) is 0 Å². The number of guanidine groups is 1. The van der Waals surface area contributed by atoms with Crippen LogP contribution in [-0.4, -0.2) is 56.9 Å². The number of rotatable bonds is 7. The fourth-order valence-electron chi connectivity index (χ4n) is 2.03. The number of likely N-dealkylation sites (N-methyl/N-ethyl adjacent to an activating group) is 1. The minimum Gasteiger partial charge on any atom is -0.385 e. The van der Waals surface area contributed by atoms with Crippen molar-refractivity contribution in [2.45, 2.75) is 32.3 Å². The number of methoxy groups -OCH3 is 1. The van der Waals surface area contributed by atoms with E-state index >= 15 is 0 Å². The molecule has 6 nitrogen and oxygen atoms in total. The van der Waals surface area contributed by atoms with Crippen LogP contribution in [0, 0.1) is 0 Å². The maximum absolute atomic E-state index is 5.64. The molecule has 6 heteroatoms. The molecule has 1 heterocycles. The molecule has 0 spiro atoms. The maximum Gasteiger partial charge on any atom is 0.208 e. The van der Waals surface area contributed by atoms with Crippen LogP contribution in [0.2, 0.25) is 0 Å². The summed E-state index contributed by atoms with van der Waals surface area (Å²) in [6.07, 6.45) is 3.48. The Labute approximate surface area is 109 Å². The van der Waals surface area contributed by atoms with Crippen LogP contribution >= 0.6 is 0 Å². The van der Waals surface area contributed by atoms with Gasteiger partial charge in [-0.05, 0) is 26.2 Å². The van der Waals surface area contributed by atoms with E-state index in [2.05, 4.69) is 22.2 Å². The molecule has 1 atom stereocenters. The highest BCUT2D eigenvalue weighted by Crippen LogP contribution is 2.13. The largest absolute Gasteiger partial charge is 0.385 e. The third-order valence-electron chi connectivity index (χ3n) is 3.03. The molecule has 18 heavy (non-hydrogen) atoms. The lowest BCUT2D eigenvalue weighted by molar-refractivity contribution is 0.0914. The van der Waals surface area contributed by atoms with E-state index < -0.39 is 0 Å². The smallest absolute Gasteiger partial charge is 0.208 e. The lowest BCUT2D eigenvalue weighted by atomic mass is 10.2. The quantitative estimate of drug-likeness (QED) is 0.226. The third kappa shape index (κ3) is 5.20. The Morgan fingerprint density at radius 1 is 1.61 bits per heavy atom. The predicted octanol–water partition coefficient (Wildman–Crippen LogP) is 0.343. The highest BCUT2D eigenvalue weighted by Gasteiger charge is 2.20. The van der Waals surface area contributed by atoms with Crippen LogP contribution in [0.15, 0.2) is 4.99 Å². The zero-order chi connectivity index (χ0) is 13.2. The van der Waals surface area contributed by atoms with Gasteiger partial charge in [-0.25, -0.2) is 5.84 Å². The molecule has 0 aromatic carbocycles. The van der Waals surface area contributed by atoms with Gasteiger partial charge in [0, 0.05) is 40.0 Å². The fourth-order valence-corrected chi connectivity index (χ4v) is 2.03. The van der Waals surface area contributed by atoms with Crippen molar-refractivity contribution < 1.29 is 9.47 Å². The summed E-state index contributed by atoms with van der Waals surface area (Å²) in [7, 11) is 1.70. The molecule has 3 N–H and O–H groups in total. The Kier molecular flexibility index (Phi) is 7.71. The van der Waals surface area contributed by atoms with E-state index in [1.165, 1.54) is 0 Å². The van der Waals surface area contributed by atoms with Crippen LogP contribution in [0.1, 0.15) is 26.2 Å². The SMILES string of the molecule is CCN(CC1CCCO1)C(=NCCCOC)NN. The molecule has 0 aliphatic carbocycles. The van der Waals surface area contributed by atoms with Gasteiger partial charge in [0.1, 0.15) is 0 Å². The Bertz CT molecular complexity index is 242. The molecule has 1 rings (SSSR count). The molecule has 106 valence electrons. The Balaban J connectivity index is 2.42. The van der Waals surface area contributed by atoms with Gasteiger partial charge in [-0.1, -0.05) is 0 Å². The van der Waals surface area contributed by atoms with Gasteiger partial charge in [0.05, 0.1) is 6.10 Å². The molecular formula is C12H26N4O2. The highest BCUT2D eigenvalue weighted by molar-refractivity contribution is 5.79. The van der Waals surface area contributed by atoms with E-state index in [1.807, 2.05) is 0 Å². The van der Waals surface area contributed by atoms with Gasteiger partial charge in [-0.2, -0.15) is 0 Å². The van der Waals surface area contributed by atoms with E-state index in [0.717, 1.165) is 58.1 Å². The van der Waals surface area contributed by atoms with E-state index in [9.17, 15) is 0 Å². The molecule has 1 fully saturated rings. The van der Waals surface area contributed by atoms with Crippen LogP contribution in [0.3, 0.4) is 0 Å². The number of hydrogen-bond acceptors (Lipinski definition) is 4. The first-order valence-corrected chi connectivity index (χ1v) is 6.68. The first-order valence-electron chi connectivity index (χ1n) is 6.68. The average Bonchev–Trinajstić information content (AvgIpc) is 2.90. The van der Waals surface area contributed by atoms with Gasteiger partial charge in [0.15, 0.2) is 0 Å². The zero-order valence-electron chi connectivity index (χ0n) is 11.5. The predicted molar refractivity (Wildman–Crippen MR) is 72.3 cm³/mol. The van der Waals surface area contributed by atoms with Gasteiger partial charge in [-0.3, -0.25) is 10.4 Å². The van der Waals surface area contributed by atoms with Crippen molar-refractivity contribution in [3.63, 3.8) is 0 Å². The Morgan fingerprint density at radius 3 is 3.00 bits per heavy atom. The minimum atomic E-state index is 0.308. The van der Waals surface area contributed by atoms with Gasteiger partial charge in [0.25, 0.3) is 0 Å². The molecular weight excluding hydrogens is 232 g/mol. The zero-order valence-corrected chi connectivity index (χ0v) is 11.5. The first-order chi connectivity index (χ1) is 8.81. The maximum atomic E-state index is 5.64. The molecule has 0 bridgehead atoms. The molecule has 0 saturated carbocycles. The summed E-state index contributed by atoms with van der Waals surface area (Å²) in [5, 5.41) is 0. The molecule has 0 amide bonds.